The largest absolute Gasteiger partial charge is 0.489 e. The summed E-state index contributed by atoms with van der Waals surface area (Å²) in [6.45, 7) is 6.39. The average Bonchev–Trinajstić information content (AvgIpc) is 2.90. The number of hydrogen-bond donors (Lipinski definition) is 0. The third-order valence-corrected chi connectivity index (χ3v) is 9.59. The van der Waals surface area contributed by atoms with Crippen molar-refractivity contribution >= 4 is 5.57 Å². The Hall–Kier alpha value is -1.64. The summed E-state index contributed by atoms with van der Waals surface area (Å²) >= 11 is 0. The molecule has 3 heteroatoms. The summed E-state index contributed by atoms with van der Waals surface area (Å²) in [5, 5.41) is 0. The lowest BCUT2D eigenvalue weighted by Gasteiger charge is -2.54. The van der Waals surface area contributed by atoms with E-state index in [1.54, 1.807) is 0 Å². The minimum absolute atomic E-state index is 0.107. The van der Waals surface area contributed by atoms with Gasteiger partial charge in [-0.15, -0.1) is 0 Å². The van der Waals surface area contributed by atoms with Gasteiger partial charge in [0.05, 0.1) is 6.10 Å². The molecule has 4 aliphatic rings. The quantitative estimate of drug-likeness (QED) is 0.246. The van der Waals surface area contributed by atoms with E-state index in [1.807, 2.05) is 6.92 Å². The summed E-state index contributed by atoms with van der Waals surface area (Å²) in [4.78, 5) is 0. The number of halogens is 2. The van der Waals surface area contributed by atoms with Crippen molar-refractivity contribution in [1.82, 2.24) is 0 Å². The molecule has 2 atom stereocenters. The predicted octanol–water partition coefficient (Wildman–Crippen LogP) is 10.5. The first-order valence-corrected chi connectivity index (χ1v) is 14.9. The molecule has 0 radical (unpaired) electrons. The number of rotatable bonds is 13. The second-order valence-electron chi connectivity index (χ2n) is 12.1. The SMILES string of the molecule is CCCCCCC(C)OC1=C(F)C=C(c2ccc(C34CCC(CCCCC)(CC3)CC4)cc2)CC1F. The van der Waals surface area contributed by atoms with Crippen molar-refractivity contribution in [2.45, 2.75) is 141 Å². The first-order chi connectivity index (χ1) is 17.4. The van der Waals surface area contributed by atoms with Crippen LogP contribution in [0, 0.1) is 5.41 Å². The summed E-state index contributed by atoms with van der Waals surface area (Å²) in [5.41, 5.74) is 4.01. The highest BCUT2D eigenvalue weighted by molar-refractivity contribution is 5.70. The van der Waals surface area contributed by atoms with E-state index in [2.05, 4.69) is 38.1 Å². The van der Waals surface area contributed by atoms with Crippen molar-refractivity contribution in [3.63, 3.8) is 0 Å². The standard InChI is InChI=1S/C33H48F2O/c1-4-6-8-9-11-25(3)36-31-29(34)23-27(24-30(31)35)26-12-14-28(15-13-26)33-20-17-32(18-21-33,19-22-33)16-10-7-5-2/h12-15,23,25,30H,4-11,16-22,24H2,1-3H3. The summed E-state index contributed by atoms with van der Waals surface area (Å²) in [5.74, 6) is -0.658. The highest BCUT2D eigenvalue weighted by Crippen LogP contribution is 2.59. The van der Waals surface area contributed by atoms with Crippen molar-refractivity contribution in [2.75, 3.05) is 0 Å². The van der Waals surface area contributed by atoms with E-state index in [-0.39, 0.29) is 18.3 Å². The number of hydrogen-bond acceptors (Lipinski definition) is 1. The van der Waals surface area contributed by atoms with Crippen LogP contribution in [0.5, 0.6) is 0 Å². The van der Waals surface area contributed by atoms with Gasteiger partial charge in [0, 0.05) is 6.42 Å². The Morgan fingerprint density at radius 2 is 1.53 bits per heavy atom. The van der Waals surface area contributed by atoms with E-state index in [0.717, 1.165) is 30.4 Å². The normalized spacial score (nSPS) is 28.8. The molecular formula is C33H48F2O. The number of fused-ring (bicyclic) bond motifs is 3. The molecule has 0 spiro atoms. The molecule has 5 rings (SSSR count). The molecule has 3 fully saturated rings. The first kappa shape index (κ1) is 27.4. The Morgan fingerprint density at radius 1 is 0.889 bits per heavy atom. The maximum Gasteiger partial charge on any atom is 0.166 e. The third kappa shape index (κ3) is 6.25. The molecule has 36 heavy (non-hydrogen) atoms. The summed E-state index contributed by atoms with van der Waals surface area (Å²) in [6.07, 6.45) is 18.9. The fourth-order valence-electron chi connectivity index (χ4n) is 7.04. The van der Waals surface area contributed by atoms with Crippen LogP contribution in [0.4, 0.5) is 8.78 Å². The lowest BCUT2D eigenvalue weighted by molar-refractivity contribution is 0.0305. The first-order valence-electron chi connectivity index (χ1n) is 14.9. The van der Waals surface area contributed by atoms with Crippen LogP contribution in [0.25, 0.3) is 5.57 Å². The molecule has 0 amide bonds. The van der Waals surface area contributed by atoms with Crippen LogP contribution in [0.1, 0.15) is 135 Å². The molecule has 0 heterocycles. The molecule has 0 aliphatic heterocycles. The van der Waals surface area contributed by atoms with Crippen molar-refractivity contribution in [2.24, 2.45) is 5.41 Å². The van der Waals surface area contributed by atoms with Crippen molar-refractivity contribution < 1.29 is 13.5 Å². The van der Waals surface area contributed by atoms with Gasteiger partial charge in [-0.1, -0.05) is 76.6 Å². The Kier molecular flexibility index (Phi) is 9.34. The van der Waals surface area contributed by atoms with Gasteiger partial charge in [0.2, 0.25) is 0 Å². The maximum absolute atomic E-state index is 15.0. The molecule has 0 aromatic heterocycles. The number of allylic oxidation sites excluding steroid dienone is 4. The zero-order chi connectivity index (χ0) is 25.6. The topological polar surface area (TPSA) is 9.23 Å². The molecule has 3 saturated carbocycles. The van der Waals surface area contributed by atoms with Crippen LogP contribution in [-0.4, -0.2) is 12.3 Å². The molecular weight excluding hydrogens is 450 g/mol. The fraction of sp³-hybridized carbons (Fsp3) is 0.697. The van der Waals surface area contributed by atoms with Gasteiger partial charge in [-0.2, -0.15) is 0 Å². The van der Waals surface area contributed by atoms with Crippen molar-refractivity contribution in [1.29, 1.82) is 0 Å². The van der Waals surface area contributed by atoms with Crippen LogP contribution in [-0.2, 0) is 10.2 Å². The Bertz CT molecular complexity index is 888. The maximum atomic E-state index is 15.0. The third-order valence-electron chi connectivity index (χ3n) is 9.59. The minimum Gasteiger partial charge on any atom is -0.489 e. The lowest BCUT2D eigenvalue weighted by Crippen LogP contribution is -2.44. The van der Waals surface area contributed by atoms with Gasteiger partial charge in [-0.3, -0.25) is 0 Å². The lowest BCUT2D eigenvalue weighted by atomic mass is 9.51. The number of alkyl halides is 1. The second kappa shape index (κ2) is 12.3. The van der Waals surface area contributed by atoms with E-state index in [1.165, 1.54) is 88.7 Å². The number of unbranched alkanes of at least 4 members (excludes halogenated alkanes) is 5. The Balaban J connectivity index is 1.38. The zero-order valence-electron chi connectivity index (χ0n) is 23.0. The van der Waals surface area contributed by atoms with E-state index < -0.39 is 12.0 Å². The van der Waals surface area contributed by atoms with Gasteiger partial charge in [-0.05, 0) is 98.3 Å². The predicted molar refractivity (Wildman–Crippen MR) is 147 cm³/mol. The van der Waals surface area contributed by atoms with Gasteiger partial charge >= 0.3 is 0 Å². The molecule has 4 aliphatic carbocycles. The van der Waals surface area contributed by atoms with Gasteiger partial charge < -0.3 is 4.74 Å². The smallest absolute Gasteiger partial charge is 0.166 e. The van der Waals surface area contributed by atoms with E-state index in [9.17, 15) is 4.39 Å². The number of ether oxygens (including phenoxy) is 1. The van der Waals surface area contributed by atoms with Gasteiger partial charge in [0.1, 0.15) is 0 Å². The van der Waals surface area contributed by atoms with Crippen molar-refractivity contribution in [3.05, 3.63) is 53.1 Å². The Labute approximate surface area is 218 Å². The molecule has 0 N–H and O–H groups in total. The molecule has 1 nitrogen and oxygen atoms in total. The Morgan fingerprint density at radius 3 is 2.14 bits per heavy atom. The molecule has 1 aromatic rings. The van der Waals surface area contributed by atoms with Crippen LogP contribution in [0.15, 0.2) is 41.9 Å². The highest BCUT2D eigenvalue weighted by Gasteiger charge is 2.48. The second-order valence-corrected chi connectivity index (χ2v) is 12.1. The summed E-state index contributed by atoms with van der Waals surface area (Å²) in [7, 11) is 0. The molecule has 0 saturated heterocycles. The molecule has 1 aromatic carbocycles. The number of benzene rings is 1. The van der Waals surface area contributed by atoms with E-state index >= 15 is 4.39 Å². The average molecular weight is 499 g/mol. The van der Waals surface area contributed by atoms with Crippen LogP contribution >= 0.6 is 0 Å². The monoisotopic (exact) mass is 498 g/mol. The molecule has 2 unspecified atom stereocenters. The van der Waals surface area contributed by atoms with E-state index in [0.29, 0.717) is 10.8 Å². The minimum atomic E-state index is -1.42. The van der Waals surface area contributed by atoms with Crippen LogP contribution in [0.3, 0.4) is 0 Å². The van der Waals surface area contributed by atoms with Gasteiger partial charge in [0.25, 0.3) is 0 Å². The molecule has 200 valence electrons. The van der Waals surface area contributed by atoms with E-state index in [4.69, 9.17) is 4.74 Å². The summed E-state index contributed by atoms with van der Waals surface area (Å²) in [6, 6.07) is 8.67. The summed E-state index contributed by atoms with van der Waals surface area (Å²) < 4.78 is 35.7. The van der Waals surface area contributed by atoms with Crippen LogP contribution < -0.4 is 0 Å². The zero-order valence-corrected chi connectivity index (χ0v) is 23.0. The molecule has 2 bridgehead atoms. The van der Waals surface area contributed by atoms with Gasteiger partial charge in [0.15, 0.2) is 17.8 Å². The van der Waals surface area contributed by atoms with Gasteiger partial charge in [-0.25, -0.2) is 8.78 Å². The van der Waals surface area contributed by atoms with Crippen LogP contribution in [0.2, 0.25) is 0 Å². The van der Waals surface area contributed by atoms with Crippen molar-refractivity contribution in [3.8, 4) is 0 Å². The highest BCUT2D eigenvalue weighted by atomic mass is 19.1. The fourth-order valence-corrected chi connectivity index (χ4v) is 7.04.